The number of aromatic amines is 2. The second-order valence-corrected chi connectivity index (χ2v) is 7.82. The zero-order valence-corrected chi connectivity index (χ0v) is 16.3. The number of carbonyl (C=O) groups is 1. The smallest absolute Gasteiger partial charge is 0.268 e. The number of fused-ring (bicyclic) bond motifs is 1. The first-order valence-electron chi connectivity index (χ1n) is 10.0. The number of pyridine rings is 1. The van der Waals surface area contributed by atoms with Gasteiger partial charge in [0.25, 0.3) is 5.91 Å². The summed E-state index contributed by atoms with van der Waals surface area (Å²) in [5, 5.41) is 11.3. The lowest BCUT2D eigenvalue weighted by Gasteiger charge is -2.19. The summed E-state index contributed by atoms with van der Waals surface area (Å²) in [4.78, 5) is 21.0. The first kappa shape index (κ1) is 17.7. The minimum Gasteiger partial charge on any atom is -0.350 e. The van der Waals surface area contributed by atoms with E-state index in [-0.39, 0.29) is 11.9 Å². The highest BCUT2D eigenvalue weighted by Gasteiger charge is 2.35. The van der Waals surface area contributed by atoms with Crippen molar-refractivity contribution in [3.8, 4) is 0 Å². The van der Waals surface area contributed by atoms with Gasteiger partial charge in [-0.3, -0.25) is 14.9 Å². The van der Waals surface area contributed by atoms with Crippen LogP contribution in [0.4, 0.5) is 0 Å². The van der Waals surface area contributed by atoms with Crippen LogP contribution in [-0.2, 0) is 6.42 Å². The van der Waals surface area contributed by atoms with Crippen LogP contribution in [0.5, 0.6) is 0 Å². The van der Waals surface area contributed by atoms with Gasteiger partial charge in [-0.15, -0.1) is 0 Å². The lowest BCUT2D eigenvalue weighted by Crippen LogP contribution is -2.31. The predicted octanol–water partition coefficient (Wildman–Crippen LogP) is 4.07. The number of benzene rings is 1. The summed E-state index contributed by atoms with van der Waals surface area (Å²) < 4.78 is 0. The molecule has 6 nitrogen and oxygen atoms in total. The Morgan fingerprint density at radius 3 is 2.86 bits per heavy atom. The minimum atomic E-state index is -0.0874. The monoisotopic (exact) mass is 385 g/mol. The lowest BCUT2D eigenvalue weighted by atomic mass is 10.0. The summed E-state index contributed by atoms with van der Waals surface area (Å²) in [6.45, 7) is 2.05. The van der Waals surface area contributed by atoms with E-state index in [4.69, 9.17) is 0 Å². The van der Waals surface area contributed by atoms with Gasteiger partial charge in [0.15, 0.2) is 0 Å². The summed E-state index contributed by atoms with van der Waals surface area (Å²) in [6, 6.07) is 14.0. The van der Waals surface area contributed by atoms with Gasteiger partial charge in [0.2, 0.25) is 0 Å². The van der Waals surface area contributed by atoms with E-state index in [0.717, 1.165) is 52.7 Å². The normalized spacial score (nSPS) is 14.8. The van der Waals surface area contributed by atoms with Crippen LogP contribution in [0.25, 0.3) is 10.9 Å². The Morgan fingerprint density at radius 2 is 2.10 bits per heavy atom. The number of para-hydroxylation sites is 1. The van der Waals surface area contributed by atoms with Gasteiger partial charge < -0.3 is 10.3 Å². The molecule has 1 aliphatic carbocycles. The molecule has 1 atom stereocenters. The maximum Gasteiger partial charge on any atom is 0.268 e. The lowest BCUT2D eigenvalue weighted by molar-refractivity contribution is 0.0926. The van der Waals surface area contributed by atoms with Crippen molar-refractivity contribution in [3.63, 3.8) is 0 Å². The predicted molar refractivity (Wildman–Crippen MR) is 112 cm³/mol. The van der Waals surface area contributed by atoms with Crippen LogP contribution in [0.15, 0.2) is 54.9 Å². The van der Waals surface area contributed by atoms with Crippen LogP contribution in [0, 0.1) is 12.8 Å². The maximum atomic E-state index is 13.1. The average Bonchev–Trinajstić information content (AvgIpc) is 3.24. The molecule has 0 saturated heterocycles. The number of rotatable bonds is 6. The molecule has 0 bridgehead atoms. The van der Waals surface area contributed by atoms with Gasteiger partial charge in [0, 0.05) is 35.4 Å². The van der Waals surface area contributed by atoms with Gasteiger partial charge in [-0.2, -0.15) is 5.10 Å². The zero-order valence-electron chi connectivity index (χ0n) is 16.3. The molecule has 3 N–H and O–H groups in total. The van der Waals surface area contributed by atoms with E-state index in [0.29, 0.717) is 11.6 Å². The van der Waals surface area contributed by atoms with Gasteiger partial charge in [-0.25, -0.2) is 0 Å². The highest BCUT2D eigenvalue weighted by Crippen LogP contribution is 2.41. The SMILES string of the molecule is Cc1cccnc1C(NC(=O)c1cc2cccc(Cc3ccn[nH]3)c2[nH]1)C1CC1. The van der Waals surface area contributed by atoms with Crippen LogP contribution in [0.2, 0.25) is 0 Å². The molecular weight excluding hydrogens is 362 g/mol. The summed E-state index contributed by atoms with van der Waals surface area (Å²) >= 11 is 0. The Bertz CT molecular complexity index is 1160. The van der Waals surface area contributed by atoms with E-state index < -0.39 is 0 Å². The summed E-state index contributed by atoms with van der Waals surface area (Å²) in [7, 11) is 0. The van der Waals surface area contributed by atoms with Crippen molar-refractivity contribution in [2.24, 2.45) is 5.92 Å². The number of H-pyrrole nitrogens is 2. The molecule has 5 rings (SSSR count). The summed E-state index contributed by atoms with van der Waals surface area (Å²) in [6.07, 6.45) is 6.54. The molecule has 3 heterocycles. The molecule has 1 amide bonds. The molecule has 3 aromatic heterocycles. The Labute approximate surface area is 168 Å². The van der Waals surface area contributed by atoms with Crippen molar-refractivity contribution in [2.75, 3.05) is 0 Å². The molecular formula is C23H23N5O. The Balaban J connectivity index is 1.43. The third-order valence-electron chi connectivity index (χ3n) is 5.65. The van der Waals surface area contributed by atoms with Crippen LogP contribution >= 0.6 is 0 Å². The van der Waals surface area contributed by atoms with Crippen molar-refractivity contribution in [1.29, 1.82) is 0 Å². The van der Waals surface area contributed by atoms with E-state index in [9.17, 15) is 4.79 Å². The van der Waals surface area contributed by atoms with Crippen LogP contribution in [-0.4, -0.2) is 26.1 Å². The van der Waals surface area contributed by atoms with Crippen molar-refractivity contribution >= 4 is 16.8 Å². The van der Waals surface area contributed by atoms with Crippen molar-refractivity contribution in [1.82, 2.24) is 25.5 Å². The number of nitrogens with one attached hydrogen (secondary N) is 3. The molecule has 0 aliphatic heterocycles. The molecule has 1 unspecified atom stereocenters. The molecule has 1 aromatic carbocycles. The number of hydrogen-bond acceptors (Lipinski definition) is 3. The average molecular weight is 385 g/mol. The third kappa shape index (κ3) is 3.53. The number of nitrogens with zero attached hydrogens (tertiary/aromatic N) is 2. The number of aromatic nitrogens is 4. The quantitative estimate of drug-likeness (QED) is 0.468. The van der Waals surface area contributed by atoms with E-state index in [1.54, 1.807) is 12.4 Å². The second kappa shape index (κ2) is 7.20. The number of amides is 1. The molecule has 1 aliphatic rings. The fourth-order valence-corrected chi connectivity index (χ4v) is 3.96. The Morgan fingerprint density at radius 1 is 1.21 bits per heavy atom. The molecule has 146 valence electrons. The fraction of sp³-hybridized carbons (Fsp3) is 0.261. The molecule has 6 heteroatoms. The molecule has 0 spiro atoms. The van der Waals surface area contributed by atoms with Crippen molar-refractivity contribution in [2.45, 2.75) is 32.2 Å². The molecule has 4 aromatic rings. The van der Waals surface area contributed by atoms with Crippen LogP contribution < -0.4 is 5.32 Å². The number of carbonyl (C=O) groups excluding carboxylic acids is 1. The maximum absolute atomic E-state index is 13.1. The van der Waals surface area contributed by atoms with Gasteiger partial charge in [0.05, 0.1) is 11.7 Å². The minimum absolute atomic E-state index is 0.0421. The standard InChI is InChI=1S/C23H23N5O/c1-14-4-3-10-24-20(14)22(15-7-8-15)27-23(29)19-13-17-6-2-5-16(21(17)26-19)12-18-9-11-25-28-18/h2-6,9-11,13,15,22,26H,7-8,12H2,1H3,(H,25,28)(H,27,29). The highest BCUT2D eigenvalue weighted by atomic mass is 16.2. The molecule has 1 saturated carbocycles. The first-order valence-corrected chi connectivity index (χ1v) is 10.0. The number of aryl methyl sites for hydroxylation is 1. The van der Waals surface area contributed by atoms with E-state index in [1.165, 1.54) is 0 Å². The number of hydrogen-bond donors (Lipinski definition) is 3. The topological polar surface area (TPSA) is 86.5 Å². The van der Waals surface area contributed by atoms with Crippen molar-refractivity contribution < 1.29 is 4.79 Å². The Hall–Kier alpha value is -3.41. The van der Waals surface area contributed by atoms with Crippen LogP contribution in [0.1, 0.15) is 51.9 Å². The van der Waals surface area contributed by atoms with Crippen LogP contribution in [0.3, 0.4) is 0 Å². The molecule has 29 heavy (non-hydrogen) atoms. The third-order valence-corrected chi connectivity index (χ3v) is 5.65. The molecule has 1 fully saturated rings. The first-order chi connectivity index (χ1) is 14.2. The van der Waals surface area contributed by atoms with E-state index in [1.807, 2.05) is 30.3 Å². The second-order valence-electron chi connectivity index (χ2n) is 7.82. The zero-order chi connectivity index (χ0) is 19.8. The summed E-state index contributed by atoms with van der Waals surface area (Å²) in [5.41, 5.74) is 5.82. The van der Waals surface area contributed by atoms with E-state index in [2.05, 4.69) is 44.5 Å². The van der Waals surface area contributed by atoms with Gasteiger partial charge >= 0.3 is 0 Å². The largest absolute Gasteiger partial charge is 0.350 e. The Kier molecular flexibility index (Phi) is 4.39. The van der Waals surface area contributed by atoms with E-state index >= 15 is 0 Å². The molecule has 0 radical (unpaired) electrons. The van der Waals surface area contributed by atoms with Gasteiger partial charge in [-0.05, 0) is 55.0 Å². The van der Waals surface area contributed by atoms with Crippen molar-refractivity contribution in [3.05, 3.63) is 83.1 Å². The highest BCUT2D eigenvalue weighted by molar-refractivity contribution is 5.99. The van der Waals surface area contributed by atoms with Gasteiger partial charge in [0.1, 0.15) is 5.69 Å². The fourth-order valence-electron chi connectivity index (χ4n) is 3.96. The van der Waals surface area contributed by atoms with Gasteiger partial charge in [-0.1, -0.05) is 24.3 Å². The summed E-state index contributed by atoms with van der Waals surface area (Å²) in [5.74, 6) is 0.378.